The maximum atomic E-state index is 12.2. The van der Waals surface area contributed by atoms with Crippen LogP contribution in [0.3, 0.4) is 0 Å². The first-order valence-corrected chi connectivity index (χ1v) is 6.11. The predicted molar refractivity (Wildman–Crippen MR) is 73.1 cm³/mol. The second-order valence-electron chi connectivity index (χ2n) is 4.56. The number of carbonyl (C=O) groups is 1. The van der Waals surface area contributed by atoms with E-state index in [1.807, 2.05) is 37.3 Å². The number of hydrogen-bond donors (Lipinski definition) is 1. The number of aromatic amines is 1. The van der Waals surface area contributed by atoms with Gasteiger partial charge in [-0.3, -0.25) is 14.9 Å². The van der Waals surface area contributed by atoms with Crippen LogP contribution in [0.2, 0.25) is 0 Å². The van der Waals surface area contributed by atoms with E-state index in [1.54, 1.807) is 12.3 Å². The van der Waals surface area contributed by atoms with E-state index in [0.717, 1.165) is 22.2 Å². The molecular weight excluding hydrogens is 238 g/mol. The van der Waals surface area contributed by atoms with E-state index in [-0.39, 0.29) is 5.78 Å². The molecule has 0 aliphatic heterocycles. The number of aromatic nitrogens is 3. The summed E-state index contributed by atoms with van der Waals surface area (Å²) in [5.74, 6) is 0.0338. The van der Waals surface area contributed by atoms with Crippen LogP contribution in [0, 0.1) is 6.92 Å². The molecule has 94 valence electrons. The fourth-order valence-electron chi connectivity index (χ4n) is 2.08. The molecule has 0 aliphatic carbocycles. The highest BCUT2D eigenvalue weighted by molar-refractivity contribution is 5.96. The second-order valence-corrected chi connectivity index (χ2v) is 4.56. The quantitative estimate of drug-likeness (QED) is 0.728. The highest BCUT2D eigenvalue weighted by atomic mass is 16.1. The molecule has 0 spiro atoms. The lowest BCUT2D eigenvalue weighted by atomic mass is 10.0. The minimum Gasteiger partial charge on any atom is -0.292 e. The van der Waals surface area contributed by atoms with Gasteiger partial charge in [-0.25, -0.2) is 0 Å². The van der Waals surface area contributed by atoms with E-state index in [4.69, 9.17) is 0 Å². The third-order valence-electron chi connectivity index (χ3n) is 3.04. The van der Waals surface area contributed by atoms with Gasteiger partial charge in [-0.15, -0.1) is 0 Å². The Bertz CT molecular complexity index is 746. The molecule has 0 fully saturated rings. The molecule has 3 aromatic rings. The fraction of sp³-hybridized carbons (Fsp3) is 0.133. The molecule has 2 aromatic heterocycles. The molecule has 4 nitrogen and oxygen atoms in total. The van der Waals surface area contributed by atoms with Gasteiger partial charge >= 0.3 is 0 Å². The van der Waals surface area contributed by atoms with E-state index in [2.05, 4.69) is 15.2 Å². The van der Waals surface area contributed by atoms with E-state index in [9.17, 15) is 4.79 Å². The number of nitrogens with one attached hydrogen (secondary N) is 1. The zero-order valence-electron chi connectivity index (χ0n) is 10.6. The first-order chi connectivity index (χ1) is 9.22. The number of rotatable bonds is 3. The van der Waals surface area contributed by atoms with Crippen LogP contribution in [-0.4, -0.2) is 21.0 Å². The summed E-state index contributed by atoms with van der Waals surface area (Å²) in [6, 6.07) is 11.4. The number of ketones is 1. The zero-order valence-corrected chi connectivity index (χ0v) is 10.6. The van der Waals surface area contributed by atoms with Gasteiger partial charge < -0.3 is 0 Å². The lowest BCUT2D eigenvalue weighted by molar-refractivity contribution is 0.0988. The molecule has 3 rings (SSSR count). The van der Waals surface area contributed by atoms with Gasteiger partial charge in [0.05, 0.1) is 11.7 Å². The van der Waals surface area contributed by atoms with Crippen molar-refractivity contribution >= 4 is 16.7 Å². The van der Waals surface area contributed by atoms with Gasteiger partial charge in [-0.1, -0.05) is 12.1 Å². The number of Topliss-reactive ketones (excluding diaryl/α,β-unsaturated/α-hetero) is 1. The van der Waals surface area contributed by atoms with Crippen molar-refractivity contribution in [1.82, 2.24) is 15.2 Å². The van der Waals surface area contributed by atoms with Crippen molar-refractivity contribution in [3.05, 3.63) is 59.5 Å². The van der Waals surface area contributed by atoms with E-state index < -0.39 is 0 Å². The molecule has 4 heteroatoms. The molecule has 0 bridgehead atoms. The SMILES string of the molecule is Cc1cccc(C(=O)Cc2ccc3[nH]ncc3c2)n1. The number of benzene rings is 1. The monoisotopic (exact) mass is 251 g/mol. The van der Waals surface area contributed by atoms with Gasteiger partial charge in [0, 0.05) is 17.5 Å². The van der Waals surface area contributed by atoms with Crippen LogP contribution in [0.4, 0.5) is 0 Å². The smallest absolute Gasteiger partial charge is 0.185 e. The Morgan fingerprint density at radius 2 is 2.16 bits per heavy atom. The Labute approximate surface area is 110 Å². The van der Waals surface area contributed by atoms with Crippen LogP contribution < -0.4 is 0 Å². The van der Waals surface area contributed by atoms with E-state index >= 15 is 0 Å². The van der Waals surface area contributed by atoms with Crippen molar-refractivity contribution in [2.24, 2.45) is 0 Å². The summed E-state index contributed by atoms with van der Waals surface area (Å²) < 4.78 is 0. The molecule has 1 aromatic carbocycles. The number of fused-ring (bicyclic) bond motifs is 1. The van der Waals surface area contributed by atoms with Crippen molar-refractivity contribution < 1.29 is 4.79 Å². The maximum absolute atomic E-state index is 12.2. The molecule has 2 heterocycles. The van der Waals surface area contributed by atoms with Crippen LogP contribution in [0.1, 0.15) is 21.7 Å². The summed E-state index contributed by atoms with van der Waals surface area (Å²) in [5.41, 5.74) is 3.33. The summed E-state index contributed by atoms with van der Waals surface area (Å²) in [6.07, 6.45) is 2.12. The summed E-state index contributed by atoms with van der Waals surface area (Å²) in [7, 11) is 0. The Hall–Kier alpha value is -2.49. The second kappa shape index (κ2) is 4.65. The molecule has 0 radical (unpaired) electrons. The number of aryl methyl sites for hydroxylation is 1. The maximum Gasteiger partial charge on any atom is 0.185 e. The highest BCUT2D eigenvalue weighted by Gasteiger charge is 2.09. The molecule has 19 heavy (non-hydrogen) atoms. The first kappa shape index (κ1) is 11.6. The molecular formula is C15H13N3O. The minimum atomic E-state index is 0.0338. The third kappa shape index (κ3) is 2.38. The number of H-pyrrole nitrogens is 1. The van der Waals surface area contributed by atoms with Gasteiger partial charge in [0.2, 0.25) is 0 Å². The Morgan fingerprint density at radius 1 is 1.26 bits per heavy atom. The third-order valence-corrected chi connectivity index (χ3v) is 3.04. The highest BCUT2D eigenvalue weighted by Crippen LogP contribution is 2.14. The number of pyridine rings is 1. The largest absolute Gasteiger partial charge is 0.292 e. The van der Waals surface area contributed by atoms with Crippen molar-refractivity contribution in [2.45, 2.75) is 13.3 Å². The van der Waals surface area contributed by atoms with Gasteiger partial charge in [0.15, 0.2) is 5.78 Å². The topological polar surface area (TPSA) is 58.6 Å². The molecule has 0 unspecified atom stereocenters. The molecule has 0 amide bonds. The predicted octanol–water partition coefficient (Wildman–Crippen LogP) is 2.69. The summed E-state index contributed by atoms with van der Waals surface area (Å²) in [4.78, 5) is 16.4. The minimum absolute atomic E-state index is 0.0338. The summed E-state index contributed by atoms with van der Waals surface area (Å²) in [6.45, 7) is 1.88. The van der Waals surface area contributed by atoms with Crippen LogP contribution >= 0.6 is 0 Å². The Morgan fingerprint density at radius 3 is 3.00 bits per heavy atom. The van der Waals surface area contributed by atoms with Crippen LogP contribution in [0.5, 0.6) is 0 Å². The van der Waals surface area contributed by atoms with Crippen molar-refractivity contribution in [3.63, 3.8) is 0 Å². The van der Waals surface area contributed by atoms with Crippen molar-refractivity contribution in [2.75, 3.05) is 0 Å². The number of hydrogen-bond acceptors (Lipinski definition) is 3. The average Bonchev–Trinajstić information content (AvgIpc) is 2.86. The lowest BCUT2D eigenvalue weighted by Gasteiger charge is -2.02. The first-order valence-electron chi connectivity index (χ1n) is 6.11. The van der Waals surface area contributed by atoms with Crippen LogP contribution in [-0.2, 0) is 6.42 Å². The van der Waals surface area contributed by atoms with Crippen molar-refractivity contribution in [3.8, 4) is 0 Å². The van der Waals surface area contributed by atoms with Gasteiger partial charge in [-0.2, -0.15) is 5.10 Å². The zero-order chi connectivity index (χ0) is 13.2. The fourth-order valence-corrected chi connectivity index (χ4v) is 2.08. The van der Waals surface area contributed by atoms with E-state index in [1.165, 1.54) is 0 Å². The standard InChI is InChI=1S/C15H13N3O/c1-10-3-2-4-14(17-10)15(19)8-11-5-6-13-12(7-11)9-16-18-13/h2-7,9H,8H2,1H3,(H,16,18). The number of nitrogens with zero attached hydrogens (tertiary/aromatic N) is 2. The Balaban J connectivity index is 1.86. The van der Waals surface area contributed by atoms with Crippen molar-refractivity contribution in [1.29, 1.82) is 0 Å². The molecule has 1 N–H and O–H groups in total. The normalized spacial score (nSPS) is 10.8. The molecule has 0 saturated carbocycles. The Kier molecular flexibility index (Phi) is 2.83. The molecule has 0 saturated heterocycles. The summed E-state index contributed by atoms with van der Waals surface area (Å²) >= 11 is 0. The summed E-state index contributed by atoms with van der Waals surface area (Å²) in [5, 5.41) is 7.88. The van der Waals surface area contributed by atoms with Gasteiger partial charge in [0.1, 0.15) is 5.69 Å². The lowest BCUT2D eigenvalue weighted by Crippen LogP contribution is -2.06. The average molecular weight is 251 g/mol. The number of carbonyl (C=O) groups excluding carboxylic acids is 1. The van der Waals surface area contributed by atoms with E-state index in [0.29, 0.717) is 12.1 Å². The molecule has 0 aliphatic rings. The van der Waals surface area contributed by atoms with Crippen LogP contribution in [0.25, 0.3) is 10.9 Å². The van der Waals surface area contributed by atoms with Crippen LogP contribution in [0.15, 0.2) is 42.6 Å². The van der Waals surface area contributed by atoms with Gasteiger partial charge in [0.25, 0.3) is 0 Å². The molecule has 0 atom stereocenters. The van der Waals surface area contributed by atoms with Gasteiger partial charge in [-0.05, 0) is 36.8 Å².